The van der Waals surface area contributed by atoms with E-state index in [-0.39, 0.29) is 7.12 Å². The lowest BCUT2D eigenvalue weighted by atomic mass is 9.82. The predicted octanol–water partition coefficient (Wildman–Crippen LogP) is 0.103. The molecule has 12 heavy (non-hydrogen) atoms. The summed E-state index contributed by atoms with van der Waals surface area (Å²) in [5.74, 6) is 0. The minimum atomic E-state index is -0.305. The summed E-state index contributed by atoms with van der Waals surface area (Å²) in [7, 11) is 6.08. The van der Waals surface area contributed by atoms with Gasteiger partial charge in [0.05, 0.1) is 0 Å². The monoisotopic (exact) mass is 204 g/mol. The van der Waals surface area contributed by atoms with Gasteiger partial charge in [0.15, 0.2) is 0 Å². The maximum absolute atomic E-state index is 5.06. The van der Waals surface area contributed by atoms with Crippen molar-refractivity contribution in [3.63, 3.8) is 0 Å². The summed E-state index contributed by atoms with van der Waals surface area (Å²) in [4.78, 5) is 0. The molecule has 0 spiro atoms. The molecule has 7 heteroatoms. The van der Waals surface area contributed by atoms with Gasteiger partial charge in [0.1, 0.15) is 0 Å². The van der Waals surface area contributed by atoms with Crippen LogP contribution in [0.2, 0.25) is 0 Å². The fourth-order valence-corrected chi connectivity index (χ4v) is 1.67. The average Bonchev–Trinajstić information content (AvgIpc) is 2.55. The molecule has 0 aromatic carbocycles. The van der Waals surface area contributed by atoms with Crippen LogP contribution in [0.25, 0.3) is 0 Å². The SMILES string of the molecule is COB(OC)c1cnn(PP)c1. The van der Waals surface area contributed by atoms with Crippen molar-refractivity contribution in [1.29, 1.82) is 0 Å². The molecule has 2 unspecified atom stereocenters. The Hall–Kier alpha value is 0.0549. The van der Waals surface area contributed by atoms with Crippen molar-refractivity contribution in [3.8, 4) is 0 Å². The van der Waals surface area contributed by atoms with Crippen molar-refractivity contribution < 1.29 is 9.31 Å². The molecule has 1 heterocycles. The van der Waals surface area contributed by atoms with E-state index < -0.39 is 0 Å². The Morgan fingerprint density at radius 2 is 2.25 bits per heavy atom. The molecule has 0 N–H and O–H groups in total. The van der Waals surface area contributed by atoms with E-state index in [9.17, 15) is 0 Å². The van der Waals surface area contributed by atoms with Crippen molar-refractivity contribution in [2.45, 2.75) is 0 Å². The van der Waals surface area contributed by atoms with Gasteiger partial charge < -0.3 is 9.31 Å². The van der Waals surface area contributed by atoms with Crippen molar-refractivity contribution in [2.24, 2.45) is 0 Å². The summed E-state index contributed by atoms with van der Waals surface area (Å²) < 4.78 is 12.0. The summed E-state index contributed by atoms with van der Waals surface area (Å²) in [6.45, 7) is 0. The maximum Gasteiger partial charge on any atom is 0.496 e. The second-order valence-electron chi connectivity index (χ2n) is 2.15. The summed E-state index contributed by atoms with van der Waals surface area (Å²) in [6, 6.07) is 0. The lowest BCUT2D eigenvalue weighted by molar-refractivity contribution is 0.292. The fraction of sp³-hybridized carbons (Fsp3) is 0.400. The first kappa shape index (κ1) is 10.1. The Balaban J connectivity index is 2.72. The number of hydrogen-bond acceptors (Lipinski definition) is 3. The summed E-state index contributed by atoms with van der Waals surface area (Å²) in [5, 5.41) is 4.10. The van der Waals surface area contributed by atoms with Crippen LogP contribution < -0.4 is 5.46 Å². The van der Waals surface area contributed by atoms with Crippen LogP contribution in [0.3, 0.4) is 0 Å². The minimum Gasteiger partial charge on any atom is -0.410 e. The molecule has 0 aliphatic heterocycles. The lowest BCUT2D eigenvalue weighted by Crippen LogP contribution is -2.33. The van der Waals surface area contributed by atoms with E-state index >= 15 is 0 Å². The third-order valence-electron chi connectivity index (χ3n) is 1.44. The highest BCUT2D eigenvalue weighted by Gasteiger charge is 2.19. The molecular formula is C5H11BN2O2P2. The fourth-order valence-electron chi connectivity index (χ4n) is 0.897. The molecule has 0 aliphatic carbocycles. The molecule has 1 aromatic heterocycles. The van der Waals surface area contributed by atoms with Crippen molar-refractivity contribution >= 4 is 29.9 Å². The van der Waals surface area contributed by atoms with Gasteiger partial charge in [-0.25, -0.2) is 0 Å². The summed E-state index contributed by atoms with van der Waals surface area (Å²) >= 11 is 0. The van der Waals surface area contributed by atoms with E-state index in [1.54, 1.807) is 20.4 Å². The third kappa shape index (κ3) is 2.27. The van der Waals surface area contributed by atoms with Gasteiger partial charge in [0.25, 0.3) is 0 Å². The Bertz CT molecular complexity index is 241. The van der Waals surface area contributed by atoms with Gasteiger partial charge in [0, 0.05) is 40.5 Å². The number of nitrogens with zero attached hydrogens (tertiary/aromatic N) is 2. The lowest BCUT2D eigenvalue weighted by Gasteiger charge is -2.04. The molecule has 66 valence electrons. The van der Waals surface area contributed by atoms with E-state index in [0.29, 0.717) is 8.42 Å². The van der Waals surface area contributed by atoms with Gasteiger partial charge in [-0.05, 0) is 0 Å². The molecule has 1 rings (SSSR count). The van der Waals surface area contributed by atoms with Crippen molar-refractivity contribution in [1.82, 2.24) is 9.55 Å². The molecular weight excluding hydrogens is 193 g/mol. The van der Waals surface area contributed by atoms with E-state index in [1.165, 1.54) is 0 Å². The standard InChI is InChI=1S/C5H11BN2O2P2/c1-9-6(10-2)5-3-7-8(4-5)12-11/h3-4,12H,11H2,1-2H3. The Labute approximate surface area is 76.1 Å². The highest BCUT2D eigenvalue weighted by Crippen LogP contribution is 2.19. The second-order valence-corrected chi connectivity index (χ2v) is 3.64. The molecule has 0 aliphatic rings. The Kier molecular flexibility index (Phi) is 4.17. The van der Waals surface area contributed by atoms with Crippen LogP contribution in [0.15, 0.2) is 12.4 Å². The molecule has 0 amide bonds. The number of aromatic nitrogens is 2. The largest absolute Gasteiger partial charge is 0.496 e. The topological polar surface area (TPSA) is 36.3 Å². The van der Waals surface area contributed by atoms with Crippen LogP contribution in [0.1, 0.15) is 0 Å². The number of hydrogen-bond donors (Lipinski definition) is 0. The van der Waals surface area contributed by atoms with Crippen LogP contribution in [-0.2, 0) is 9.31 Å². The summed E-state index contributed by atoms with van der Waals surface area (Å²) in [5.41, 5.74) is 0.940. The summed E-state index contributed by atoms with van der Waals surface area (Å²) in [6.07, 6.45) is 3.65. The third-order valence-corrected chi connectivity index (χ3v) is 2.74. The molecule has 4 nitrogen and oxygen atoms in total. The molecule has 0 bridgehead atoms. The second kappa shape index (κ2) is 4.93. The Morgan fingerprint density at radius 3 is 2.67 bits per heavy atom. The molecule has 0 radical (unpaired) electrons. The zero-order chi connectivity index (χ0) is 8.97. The molecule has 0 saturated heterocycles. The Morgan fingerprint density at radius 1 is 1.58 bits per heavy atom. The average molecular weight is 204 g/mol. The van der Waals surface area contributed by atoms with E-state index in [2.05, 4.69) is 14.0 Å². The zero-order valence-corrected chi connectivity index (χ0v) is 9.18. The quantitative estimate of drug-likeness (QED) is 0.515. The van der Waals surface area contributed by atoms with E-state index in [0.717, 1.165) is 5.46 Å². The molecule has 0 saturated carbocycles. The molecule has 0 fully saturated rings. The van der Waals surface area contributed by atoms with Gasteiger partial charge in [-0.3, -0.25) is 4.45 Å². The van der Waals surface area contributed by atoms with Crippen LogP contribution in [0.5, 0.6) is 0 Å². The van der Waals surface area contributed by atoms with Crippen LogP contribution in [0.4, 0.5) is 0 Å². The van der Waals surface area contributed by atoms with Gasteiger partial charge in [0.2, 0.25) is 0 Å². The van der Waals surface area contributed by atoms with Gasteiger partial charge >= 0.3 is 7.12 Å². The van der Waals surface area contributed by atoms with Crippen LogP contribution in [0, 0.1) is 0 Å². The number of rotatable bonds is 4. The predicted molar refractivity (Wildman–Crippen MR) is 55.1 cm³/mol. The molecule has 2 atom stereocenters. The smallest absolute Gasteiger partial charge is 0.410 e. The van der Waals surface area contributed by atoms with Gasteiger partial charge in [-0.15, -0.1) is 0 Å². The van der Waals surface area contributed by atoms with Crippen molar-refractivity contribution in [3.05, 3.63) is 12.4 Å². The maximum atomic E-state index is 5.06. The van der Waals surface area contributed by atoms with Gasteiger partial charge in [-0.2, -0.15) is 5.10 Å². The highest BCUT2D eigenvalue weighted by molar-refractivity contribution is 8.01. The van der Waals surface area contributed by atoms with Crippen LogP contribution in [-0.4, -0.2) is 30.9 Å². The first-order valence-corrected chi connectivity index (χ1v) is 6.14. The van der Waals surface area contributed by atoms with E-state index in [1.807, 2.05) is 10.6 Å². The van der Waals surface area contributed by atoms with Crippen LogP contribution >= 0.6 is 17.3 Å². The van der Waals surface area contributed by atoms with Gasteiger partial charge in [-0.1, -0.05) is 8.93 Å². The van der Waals surface area contributed by atoms with E-state index in [4.69, 9.17) is 9.31 Å². The van der Waals surface area contributed by atoms with Crippen molar-refractivity contribution in [2.75, 3.05) is 14.2 Å². The first-order valence-electron chi connectivity index (χ1n) is 3.38. The molecule has 1 aromatic rings. The normalized spacial score (nSPS) is 11.2. The minimum absolute atomic E-state index is 0.305. The first-order chi connectivity index (χ1) is 5.81. The highest BCUT2D eigenvalue weighted by atomic mass is 32.0. The zero-order valence-electron chi connectivity index (χ0n) is 7.02.